The first-order chi connectivity index (χ1) is 6.19. The summed E-state index contributed by atoms with van der Waals surface area (Å²) < 4.78 is 2.40. The quantitative estimate of drug-likeness (QED) is 0.573. The Bertz CT molecular complexity index is 296. The molecule has 0 aliphatic heterocycles. The summed E-state index contributed by atoms with van der Waals surface area (Å²) in [6.45, 7) is 4.10. The van der Waals surface area contributed by atoms with Crippen LogP contribution in [0.2, 0.25) is 0 Å². The molecule has 0 radical (unpaired) electrons. The number of carbonyl (C=O) groups is 1. The Kier molecular flexibility index (Phi) is 1.97. The lowest BCUT2D eigenvalue weighted by atomic mass is 10.1. The molecule has 0 heterocycles. The van der Waals surface area contributed by atoms with Gasteiger partial charge in [-0.15, -0.1) is 0 Å². The van der Waals surface area contributed by atoms with E-state index in [1.165, 1.54) is 0 Å². The van der Waals surface area contributed by atoms with Crippen molar-refractivity contribution in [1.82, 2.24) is 0 Å². The fourth-order valence-electron chi connectivity index (χ4n) is 2.62. The maximum absolute atomic E-state index is 10.3. The van der Waals surface area contributed by atoms with Crippen LogP contribution in [0.15, 0.2) is 0 Å². The summed E-state index contributed by atoms with van der Waals surface area (Å²) in [5.74, 6) is 0. The van der Waals surface area contributed by atoms with Crippen molar-refractivity contribution in [3.63, 3.8) is 0 Å². The molecule has 1 unspecified atom stereocenters. The third-order valence-corrected chi connectivity index (χ3v) is 6.21. The first-order valence-corrected chi connectivity index (χ1v) is 5.55. The minimum absolute atomic E-state index is 0.368. The van der Waals surface area contributed by atoms with Crippen molar-refractivity contribution in [2.75, 3.05) is 0 Å². The van der Waals surface area contributed by atoms with Gasteiger partial charge in [0.05, 0.1) is 5.41 Å². The largest absolute Gasteiger partial charge is 0.463 e. The number of hydrogen-bond donors (Lipinski definition) is 0. The Labute approximate surface area is 102 Å². The van der Waals surface area contributed by atoms with E-state index in [1.807, 2.05) is 13.8 Å². The SMILES string of the molecule is CC1(C)C(OC=O)C12C(Cl)(Cl)C2(Cl)Cl. The average molecular weight is 278 g/mol. The fourth-order valence-corrected chi connectivity index (χ4v) is 5.16. The van der Waals surface area contributed by atoms with Crippen molar-refractivity contribution in [1.29, 1.82) is 0 Å². The van der Waals surface area contributed by atoms with Gasteiger partial charge in [0.2, 0.25) is 0 Å². The van der Waals surface area contributed by atoms with Gasteiger partial charge in [0.15, 0.2) is 8.67 Å². The van der Waals surface area contributed by atoms with Crippen LogP contribution in [0.5, 0.6) is 0 Å². The zero-order valence-corrected chi connectivity index (χ0v) is 10.5. The highest BCUT2D eigenvalue weighted by Gasteiger charge is 3.05. The van der Waals surface area contributed by atoms with E-state index in [2.05, 4.69) is 0 Å². The van der Waals surface area contributed by atoms with Crippen LogP contribution in [0, 0.1) is 10.8 Å². The molecule has 2 rings (SSSR count). The molecule has 1 atom stereocenters. The van der Waals surface area contributed by atoms with E-state index < -0.39 is 20.2 Å². The van der Waals surface area contributed by atoms with Crippen molar-refractivity contribution in [2.24, 2.45) is 10.8 Å². The standard InChI is InChI=1S/C8H8Cl4O2/c1-5(2)4(14-3-13)6(5)7(9,10)8(6,11)12/h3-4H,1-2H3. The van der Waals surface area contributed by atoms with E-state index in [0.717, 1.165) is 0 Å². The second kappa shape index (κ2) is 2.48. The summed E-state index contributed by atoms with van der Waals surface area (Å²) in [7, 11) is 0. The van der Waals surface area contributed by atoms with E-state index in [-0.39, 0.29) is 5.41 Å². The molecule has 2 aliphatic rings. The van der Waals surface area contributed by atoms with Crippen molar-refractivity contribution < 1.29 is 9.53 Å². The smallest absolute Gasteiger partial charge is 0.293 e. The predicted molar refractivity (Wildman–Crippen MR) is 56.0 cm³/mol. The molecule has 2 nitrogen and oxygen atoms in total. The topological polar surface area (TPSA) is 26.3 Å². The minimum atomic E-state index is -1.25. The lowest BCUT2D eigenvalue weighted by molar-refractivity contribution is -0.131. The lowest BCUT2D eigenvalue weighted by Crippen LogP contribution is -2.00. The Morgan fingerprint density at radius 3 is 1.79 bits per heavy atom. The first-order valence-electron chi connectivity index (χ1n) is 4.04. The lowest BCUT2D eigenvalue weighted by Gasteiger charge is -1.97. The maximum Gasteiger partial charge on any atom is 0.293 e. The molecular weight excluding hydrogens is 270 g/mol. The third kappa shape index (κ3) is 0.753. The van der Waals surface area contributed by atoms with Gasteiger partial charge in [0.25, 0.3) is 6.47 Å². The summed E-state index contributed by atoms with van der Waals surface area (Å²) in [4.78, 5) is 10.3. The highest BCUT2D eigenvalue weighted by Crippen LogP contribution is 2.95. The molecule has 0 N–H and O–H groups in total. The zero-order chi connectivity index (χ0) is 11.0. The fraction of sp³-hybridized carbons (Fsp3) is 0.875. The number of hydrogen-bond acceptors (Lipinski definition) is 2. The number of halogens is 4. The van der Waals surface area contributed by atoms with Gasteiger partial charge in [0.1, 0.15) is 6.10 Å². The Balaban J connectivity index is 2.36. The predicted octanol–water partition coefficient (Wildman–Crippen LogP) is 2.92. The molecule has 2 fully saturated rings. The van der Waals surface area contributed by atoms with Gasteiger partial charge < -0.3 is 4.74 Å². The molecule has 80 valence electrons. The van der Waals surface area contributed by atoms with Gasteiger partial charge in [-0.25, -0.2) is 0 Å². The first kappa shape index (κ1) is 11.1. The molecule has 0 aromatic heterocycles. The van der Waals surface area contributed by atoms with Gasteiger partial charge in [-0.2, -0.15) is 0 Å². The number of ether oxygens (including phenoxy) is 1. The number of rotatable bonds is 2. The molecule has 0 aromatic rings. The summed E-state index contributed by atoms with van der Waals surface area (Å²) >= 11 is 24.0. The van der Waals surface area contributed by atoms with Crippen LogP contribution in [0.3, 0.4) is 0 Å². The van der Waals surface area contributed by atoms with Crippen molar-refractivity contribution in [3.05, 3.63) is 0 Å². The van der Waals surface area contributed by atoms with Crippen LogP contribution in [-0.2, 0) is 9.53 Å². The summed E-state index contributed by atoms with van der Waals surface area (Å²) in [5.41, 5.74) is -1.12. The van der Waals surface area contributed by atoms with Gasteiger partial charge in [-0.1, -0.05) is 60.3 Å². The monoisotopic (exact) mass is 276 g/mol. The highest BCUT2D eigenvalue weighted by atomic mass is 35.5. The maximum atomic E-state index is 10.3. The molecule has 0 aromatic carbocycles. The van der Waals surface area contributed by atoms with Gasteiger partial charge in [0, 0.05) is 5.41 Å². The second-order valence-corrected chi connectivity index (χ2v) is 6.95. The van der Waals surface area contributed by atoms with E-state index >= 15 is 0 Å². The van der Waals surface area contributed by atoms with E-state index in [4.69, 9.17) is 51.1 Å². The average Bonchev–Trinajstić information content (AvgIpc) is 2.62. The van der Waals surface area contributed by atoms with Crippen LogP contribution in [0.25, 0.3) is 0 Å². The third-order valence-electron chi connectivity index (χ3n) is 3.50. The highest BCUT2D eigenvalue weighted by molar-refractivity contribution is 6.69. The van der Waals surface area contributed by atoms with E-state index in [9.17, 15) is 4.79 Å². The van der Waals surface area contributed by atoms with Crippen molar-refractivity contribution in [3.8, 4) is 0 Å². The molecule has 2 aliphatic carbocycles. The second-order valence-electron chi connectivity index (χ2n) is 4.29. The molecular formula is C8H8Cl4O2. The molecule has 0 bridgehead atoms. The van der Waals surface area contributed by atoms with Crippen LogP contribution < -0.4 is 0 Å². The van der Waals surface area contributed by atoms with Gasteiger partial charge in [-0.05, 0) is 0 Å². The van der Waals surface area contributed by atoms with Gasteiger partial charge in [-0.3, -0.25) is 4.79 Å². The molecule has 2 saturated carbocycles. The minimum Gasteiger partial charge on any atom is -0.463 e. The Morgan fingerprint density at radius 1 is 1.14 bits per heavy atom. The zero-order valence-electron chi connectivity index (χ0n) is 7.48. The van der Waals surface area contributed by atoms with Crippen LogP contribution in [0.4, 0.5) is 0 Å². The van der Waals surface area contributed by atoms with Gasteiger partial charge >= 0.3 is 0 Å². The van der Waals surface area contributed by atoms with Crippen molar-refractivity contribution >= 4 is 52.9 Å². The number of alkyl halides is 4. The van der Waals surface area contributed by atoms with Crippen LogP contribution >= 0.6 is 46.4 Å². The van der Waals surface area contributed by atoms with E-state index in [1.54, 1.807) is 0 Å². The summed E-state index contributed by atoms with van der Waals surface area (Å²) in [5, 5.41) is 0. The summed E-state index contributed by atoms with van der Waals surface area (Å²) in [6.07, 6.45) is -0.419. The van der Waals surface area contributed by atoms with Crippen LogP contribution in [0.1, 0.15) is 13.8 Å². The Morgan fingerprint density at radius 2 is 1.57 bits per heavy atom. The molecule has 6 heteroatoms. The van der Waals surface area contributed by atoms with E-state index in [0.29, 0.717) is 6.47 Å². The molecule has 0 saturated heterocycles. The normalized spacial score (nSPS) is 37.7. The molecule has 0 amide bonds. The number of carbonyl (C=O) groups excluding carboxylic acids is 1. The molecule has 1 spiro atoms. The summed E-state index contributed by atoms with van der Waals surface area (Å²) in [6, 6.07) is 0. The Hall–Kier alpha value is 0.630. The van der Waals surface area contributed by atoms with Crippen molar-refractivity contribution in [2.45, 2.75) is 28.6 Å². The van der Waals surface area contributed by atoms with Crippen LogP contribution in [-0.4, -0.2) is 21.2 Å². The molecule has 14 heavy (non-hydrogen) atoms.